The van der Waals surface area contributed by atoms with E-state index in [0.29, 0.717) is 12.8 Å². The number of aromatic hydroxyl groups is 2. The Kier molecular flexibility index (Phi) is 6.37. The minimum Gasteiger partial charge on any atom is -0.507 e. The summed E-state index contributed by atoms with van der Waals surface area (Å²) in [4.78, 5) is 22.0. The van der Waals surface area contributed by atoms with Gasteiger partial charge in [0.25, 0.3) is 0 Å². The second-order valence-electron chi connectivity index (χ2n) is 7.08. The highest BCUT2D eigenvalue weighted by atomic mass is 16.4. The number of hydrogen-bond acceptors (Lipinski definition) is 4. The SMILES string of the molecule is O=C(O)c1ccc(CCc2ccccc2CCc2ccc(C(=O)O)c(O)c2)cc1O. The van der Waals surface area contributed by atoms with E-state index in [-0.39, 0.29) is 22.6 Å². The van der Waals surface area contributed by atoms with Crippen LogP contribution in [0.2, 0.25) is 0 Å². The maximum atomic E-state index is 11.0. The molecular formula is C24H22O6. The van der Waals surface area contributed by atoms with Gasteiger partial charge in [0.05, 0.1) is 0 Å². The van der Waals surface area contributed by atoms with Gasteiger partial charge in [0.15, 0.2) is 0 Å². The number of benzene rings is 3. The molecule has 0 aliphatic carbocycles. The first-order valence-electron chi connectivity index (χ1n) is 9.52. The van der Waals surface area contributed by atoms with Crippen LogP contribution in [0.25, 0.3) is 0 Å². The smallest absolute Gasteiger partial charge is 0.339 e. The van der Waals surface area contributed by atoms with Crippen LogP contribution in [0.3, 0.4) is 0 Å². The van der Waals surface area contributed by atoms with Crippen molar-refractivity contribution in [1.82, 2.24) is 0 Å². The number of carbonyl (C=O) groups is 2. The largest absolute Gasteiger partial charge is 0.507 e. The van der Waals surface area contributed by atoms with E-state index in [4.69, 9.17) is 10.2 Å². The Hall–Kier alpha value is -3.80. The van der Waals surface area contributed by atoms with Gasteiger partial charge in [-0.05, 0) is 72.2 Å². The third-order valence-corrected chi connectivity index (χ3v) is 5.07. The Morgan fingerprint density at radius 3 is 1.33 bits per heavy atom. The monoisotopic (exact) mass is 406 g/mol. The number of aromatic carboxylic acids is 2. The topological polar surface area (TPSA) is 115 Å². The van der Waals surface area contributed by atoms with E-state index in [1.165, 1.54) is 24.3 Å². The first kappa shape index (κ1) is 20.9. The summed E-state index contributed by atoms with van der Waals surface area (Å²) >= 11 is 0. The first-order valence-corrected chi connectivity index (χ1v) is 9.52. The van der Waals surface area contributed by atoms with Crippen LogP contribution in [-0.2, 0) is 25.7 Å². The minimum absolute atomic E-state index is 0.115. The molecule has 0 radical (unpaired) electrons. The van der Waals surface area contributed by atoms with Crippen LogP contribution < -0.4 is 0 Å². The van der Waals surface area contributed by atoms with E-state index in [9.17, 15) is 19.8 Å². The summed E-state index contributed by atoms with van der Waals surface area (Å²) in [6, 6.07) is 17.2. The fourth-order valence-electron chi connectivity index (χ4n) is 3.43. The summed E-state index contributed by atoms with van der Waals surface area (Å²) < 4.78 is 0. The number of aryl methyl sites for hydroxylation is 4. The highest BCUT2D eigenvalue weighted by Crippen LogP contribution is 2.23. The summed E-state index contributed by atoms with van der Waals surface area (Å²) in [5.41, 5.74) is 3.76. The zero-order valence-electron chi connectivity index (χ0n) is 16.2. The van der Waals surface area contributed by atoms with Gasteiger partial charge >= 0.3 is 11.9 Å². The maximum absolute atomic E-state index is 11.0. The molecule has 0 aromatic heterocycles. The molecule has 4 N–H and O–H groups in total. The van der Waals surface area contributed by atoms with E-state index in [1.807, 2.05) is 24.3 Å². The zero-order chi connectivity index (χ0) is 21.7. The Bertz CT molecular complexity index is 1000. The zero-order valence-corrected chi connectivity index (χ0v) is 16.2. The van der Waals surface area contributed by atoms with Crippen LogP contribution in [0, 0.1) is 0 Å². The number of carboxylic acids is 2. The van der Waals surface area contributed by atoms with Crippen molar-refractivity contribution in [2.75, 3.05) is 0 Å². The molecule has 0 atom stereocenters. The fraction of sp³-hybridized carbons (Fsp3) is 0.167. The predicted molar refractivity (Wildman–Crippen MR) is 111 cm³/mol. The van der Waals surface area contributed by atoms with Crippen molar-refractivity contribution in [2.45, 2.75) is 25.7 Å². The first-order chi connectivity index (χ1) is 14.3. The minimum atomic E-state index is -1.16. The molecule has 154 valence electrons. The lowest BCUT2D eigenvalue weighted by Crippen LogP contribution is -2.01. The summed E-state index contributed by atoms with van der Waals surface area (Å²) in [6.07, 6.45) is 2.76. The van der Waals surface area contributed by atoms with Crippen LogP contribution in [0.15, 0.2) is 60.7 Å². The molecule has 3 aromatic carbocycles. The summed E-state index contributed by atoms with van der Waals surface area (Å²) in [5.74, 6) is -2.80. The molecule has 6 nitrogen and oxygen atoms in total. The molecule has 0 saturated heterocycles. The highest BCUT2D eigenvalue weighted by molar-refractivity contribution is 5.91. The molecule has 0 amide bonds. The molecule has 0 heterocycles. The van der Waals surface area contributed by atoms with Crippen molar-refractivity contribution < 1.29 is 30.0 Å². The van der Waals surface area contributed by atoms with Crippen LogP contribution in [-0.4, -0.2) is 32.4 Å². The molecule has 0 unspecified atom stereocenters. The van der Waals surface area contributed by atoms with Gasteiger partial charge in [0.1, 0.15) is 22.6 Å². The molecule has 0 aliphatic rings. The number of phenols is 2. The third kappa shape index (κ3) is 4.97. The molecule has 0 fully saturated rings. The summed E-state index contributed by atoms with van der Waals surface area (Å²) in [6.45, 7) is 0. The fourth-order valence-corrected chi connectivity index (χ4v) is 3.43. The number of carboxylic acid groups (broad SMARTS) is 2. The summed E-state index contributed by atoms with van der Waals surface area (Å²) in [7, 11) is 0. The van der Waals surface area contributed by atoms with Gasteiger partial charge < -0.3 is 20.4 Å². The van der Waals surface area contributed by atoms with Crippen molar-refractivity contribution in [3.63, 3.8) is 0 Å². The Balaban J connectivity index is 1.68. The van der Waals surface area contributed by atoms with E-state index >= 15 is 0 Å². The second-order valence-corrected chi connectivity index (χ2v) is 7.08. The lowest BCUT2D eigenvalue weighted by molar-refractivity contribution is 0.0682. The second kappa shape index (κ2) is 9.13. The average Bonchev–Trinajstić information content (AvgIpc) is 2.71. The van der Waals surface area contributed by atoms with E-state index in [0.717, 1.165) is 35.1 Å². The molecule has 3 aromatic rings. The van der Waals surface area contributed by atoms with Crippen molar-refractivity contribution in [3.8, 4) is 11.5 Å². The van der Waals surface area contributed by atoms with Gasteiger partial charge in [0, 0.05) is 0 Å². The standard InChI is InChI=1S/C24H22O6/c25-21-13-15(7-11-19(21)23(27)28)5-9-17-3-1-2-4-18(17)10-6-16-8-12-20(24(29)30)22(26)14-16/h1-4,7-8,11-14,25-26H,5-6,9-10H2,(H,27,28)(H,29,30). The van der Waals surface area contributed by atoms with Crippen molar-refractivity contribution in [1.29, 1.82) is 0 Å². The quantitative estimate of drug-likeness (QED) is 0.448. The Labute approximate surface area is 173 Å². The number of hydrogen-bond donors (Lipinski definition) is 4. The van der Waals surface area contributed by atoms with Gasteiger partial charge in [-0.1, -0.05) is 36.4 Å². The molecule has 0 aliphatic heterocycles. The van der Waals surface area contributed by atoms with Crippen molar-refractivity contribution in [3.05, 3.63) is 94.0 Å². The van der Waals surface area contributed by atoms with E-state index in [1.54, 1.807) is 12.1 Å². The lowest BCUT2D eigenvalue weighted by atomic mass is 9.95. The van der Waals surface area contributed by atoms with Crippen LogP contribution in [0.1, 0.15) is 43.0 Å². The molecule has 0 bridgehead atoms. The van der Waals surface area contributed by atoms with E-state index in [2.05, 4.69) is 0 Å². The third-order valence-electron chi connectivity index (χ3n) is 5.07. The van der Waals surface area contributed by atoms with E-state index < -0.39 is 11.9 Å². The van der Waals surface area contributed by atoms with Gasteiger partial charge in [-0.25, -0.2) is 9.59 Å². The normalized spacial score (nSPS) is 10.7. The molecule has 3 rings (SSSR count). The van der Waals surface area contributed by atoms with Gasteiger partial charge in [0.2, 0.25) is 0 Å². The van der Waals surface area contributed by atoms with Gasteiger partial charge in [-0.15, -0.1) is 0 Å². The maximum Gasteiger partial charge on any atom is 0.339 e. The Morgan fingerprint density at radius 2 is 1.00 bits per heavy atom. The van der Waals surface area contributed by atoms with Gasteiger partial charge in [-0.2, -0.15) is 0 Å². The highest BCUT2D eigenvalue weighted by Gasteiger charge is 2.12. The average molecular weight is 406 g/mol. The predicted octanol–water partition coefficient (Wildman–Crippen LogP) is 4.06. The van der Waals surface area contributed by atoms with Gasteiger partial charge in [-0.3, -0.25) is 0 Å². The molecule has 0 saturated carbocycles. The molecule has 30 heavy (non-hydrogen) atoms. The van der Waals surface area contributed by atoms with Crippen LogP contribution >= 0.6 is 0 Å². The van der Waals surface area contributed by atoms with Crippen LogP contribution in [0.4, 0.5) is 0 Å². The van der Waals surface area contributed by atoms with Crippen molar-refractivity contribution >= 4 is 11.9 Å². The summed E-state index contributed by atoms with van der Waals surface area (Å²) in [5, 5.41) is 37.7. The van der Waals surface area contributed by atoms with Crippen molar-refractivity contribution in [2.24, 2.45) is 0 Å². The lowest BCUT2D eigenvalue weighted by Gasteiger charge is -2.11. The Morgan fingerprint density at radius 1 is 0.600 bits per heavy atom. The molecule has 6 heteroatoms. The molecular weight excluding hydrogens is 384 g/mol. The number of rotatable bonds is 8. The van der Waals surface area contributed by atoms with Crippen LogP contribution in [0.5, 0.6) is 11.5 Å². The molecule has 0 spiro atoms.